The Kier molecular flexibility index (Phi) is 4.14. The first-order chi connectivity index (χ1) is 10.4. The number of benzene rings is 2. The molecule has 2 aromatic rings. The number of rotatable bonds is 3. The van der Waals surface area contributed by atoms with Crippen molar-refractivity contribution in [2.45, 2.75) is 31.7 Å². The van der Waals surface area contributed by atoms with Crippen molar-refractivity contribution in [3.63, 3.8) is 0 Å². The van der Waals surface area contributed by atoms with Crippen molar-refractivity contribution in [2.24, 2.45) is 0 Å². The van der Waals surface area contributed by atoms with Crippen LogP contribution in [0.15, 0.2) is 48.5 Å². The lowest BCUT2D eigenvalue weighted by molar-refractivity contribution is 1.02. The summed E-state index contributed by atoms with van der Waals surface area (Å²) in [5.41, 5.74) is 4.18. The molecule has 0 amide bonds. The highest BCUT2D eigenvalue weighted by atomic mass is 35.5. The molecule has 3 rings (SSSR count). The molecule has 114 valence electrons. The number of halogens is 1. The molecule has 0 radical (unpaired) electrons. The number of thiocarbonyl (C=S) groups is 1. The van der Waals surface area contributed by atoms with E-state index < -0.39 is 8.07 Å². The number of hydrogen-bond donors (Lipinski definition) is 0. The zero-order chi connectivity index (χ0) is 15.9. The van der Waals surface area contributed by atoms with Gasteiger partial charge in [0.25, 0.3) is 0 Å². The Labute approximate surface area is 143 Å². The maximum absolute atomic E-state index is 6.25. The second-order valence-electron chi connectivity index (χ2n) is 6.91. The molecule has 2 aromatic carbocycles. The minimum absolute atomic E-state index is 0.361. The smallest absolute Gasteiger partial charge is 0.0875 e. The van der Waals surface area contributed by atoms with Gasteiger partial charge in [-0.2, -0.15) is 0 Å². The molecular formula is C18H20ClNSSi. The summed E-state index contributed by atoms with van der Waals surface area (Å²) in [5.74, 6) is 0. The number of anilines is 1. The Bertz CT molecular complexity index is 709. The average molecular weight is 346 g/mol. The molecular weight excluding hydrogens is 326 g/mol. The molecule has 1 heterocycles. The summed E-state index contributed by atoms with van der Waals surface area (Å²) < 4.78 is 0. The van der Waals surface area contributed by atoms with Crippen molar-refractivity contribution in [1.82, 2.24) is 0 Å². The molecule has 0 saturated heterocycles. The van der Waals surface area contributed by atoms with E-state index in [1.54, 1.807) is 0 Å². The number of hydrogen-bond acceptors (Lipinski definition) is 1. The minimum Gasteiger partial charge on any atom is -0.331 e. The fourth-order valence-corrected chi connectivity index (χ4v) is 6.77. The van der Waals surface area contributed by atoms with Gasteiger partial charge in [-0.15, -0.1) is 0 Å². The van der Waals surface area contributed by atoms with Gasteiger partial charge in [0.1, 0.15) is 0 Å². The van der Waals surface area contributed by atoms with Gasteiger partial charge >= 0.3 is 0 Å². The summed E-state index contributed by atoms with van der Waals surface area (Å²) in [6, 6.07) is 16.7. The van der Waals surface area contributed by atoms with Crippen LogP contribution in [0.25, 0.3) is 0 Å². The van der Waals surface area contributed by atoms with Crippen molar-refractivity contribution < 1.29 is 0 Å². The summed E-state index contributed by atoms with van der Waals surface area (Å²) in [6.07, 6.45) is 0. The van der Waals surface area contributed by atoms with Crippen LogP contribution in [-0.2, 0) is 6.54 Å². The van der Waals surface area contributed by atoms with E-state index in [0.29, 0.717) is 5.54 Å². The Morgan fingerprint density at radius 2 is 1.77 bits per heavy atom. The lowest BCUT2D eigenvalue weighted by Gasteiger charge is -2.27. The van der Waals surface area contributed by atoms with Crippen LogP contribution in [0.2, 0.25) is 24.7 Å². The van der Waals surface area contributed by atoms with Gasteiger partial charge in [-0.3, -0.25) is 0 Å². The van der Waals surface area contributed by atoms with Gasteiger partial charge in [0.05, 0.1) is 13.1 Å². The molecule has 0 aromatic heterocycles. The lowest BCUT2D eigenvalue weighted by atomic mass is 10.1. The van der Waals surface area contributed by atoms with Crippen molar-refractivity contribution in [3.05, 3.63) is 64.7 Å². The van der Waals surface area contributed by atoms with E-state index >= 15 is 0 Å². The van der Waals surface area contributed by atoms with Crippen LogP contribution >= 0.6 is 23.8 Å². The van der Waals surface area contributed by atoms with Crippen LogP contribution in [0.1, 0.15) is 16.7 Å². The van der Waals surface area contributed by atoms with Gasteiger partial charge < -0.3 is 4.90 Å². The molecule has 0 aliphatic carbocycles. The zero-order valence-corrected chi connectivity index (χ0v) is 15.7. The Balaban J connectivity index is 2.04. The molecule has 4 heteroatoms. The summed E-state index contributed by atoms with van der Waals surface area (Å²) >= 11 is 12.1. The predicted octanol–water partition coefficient (Wildman–Crippen LogP) is 5.65. The van der Waals surface area contributed by atoms with E-state index in [1.165, 1.54) is 16.8 Å². The maximum Gasteiger partial charge on any atom is 0.0875 e. The summed E-state index contributed by atoms with van der Waals surface area (Å²) in [5, 5.41) is 0.798. The van der Waals surface area contributed by atoms with Gasteiger partial charge in [0, 0.05) is 22.8 Å². The molecule has 1 nitrogen and oxygen atoms in total. The highest BCUT2D eigenvalue weighted by Gasteiger charge is 2.41. The van der Waals surface area contributed by atoms with Crippen LogP contribution in [0.5, 0.6) is 0 Å². The largest absolute Gasteiger partial charge is 0.331 e. The molecule has 1 atom stereocenters. The lowest BCUT2D eigenvalue weighted by Crippen LogP contribution is -2.38. The van der Waals surface area contributed by atoms with Crippen molar-refractivity contribution in [3.8, 4) is 0 Å². The monoisotopic (exact) mass is 345 g/mol. The number of nitrogens with zero attached hydrogens (tertiary/aromatic N) is 1. The Morgan fingerprint density at radius 3 is 2.41 bits per heavy atom. The molecule has 1 aliphatic heterocycles. The molecule has 0 bridgehead atoms. The third-order valence-electron chi connectivity index (χ3n) is 4.15. The van der Waals surface area contributed by atoms with Gasteiger partial charge in [-0.05, 0) is 29.3 Å². The predicted molar refractivity (Wildman–Crippen MR) is 103 cm³/mol. The molecule has 0 saturated carbocycles. The zero-order valence-electron chi connectivity index (χ0n) is 13.1. The van der Waals surface area contributed by atoms with E-state index in [4.69, 9.17) is 23.8 Å². The summed E-state index contributed by atoms with van der Waals surface area (Å²) in [4.78, 5) is 3.35. The Morgan fingerprint density at radius 1 is 1.09 bits per heavy atom. The fraction of sp³-hybridized carbons (Fsp3) is 0.278. The third kappa shape index (κ3) is 2.85. The van der Waals surface area contributed by atoms with Gasteiger partial charge in [-0.25, -0.2) is 0 Å². The minimum atomic E-state index is -1.46. The van der Waals surface area contributed by atoms with Crippen molar-refractivity contribution in [1.29, 1.82) is 0 Å². The summed E-state index contributed by atoms with van der Waals surface area (Å²) in [6.45, 7) is 7.96. The normalized spacial score (nSPS) is 17.7. The first-order valence-corrected chi connectivity index (χ1v) is 11.9. The highest BCUT2D eigenvalue weighted by molar-refractivity contribution is 7.81. The van der Waals surface area contributed by atoms with Crippen LogP contribution < -0.4 is 4.90 Å². The van der Waals surface area contributed by atoms with E-state index in [9.17, 15) is 0 Å². The standard InChI is InChI=1S/C18H20ClNSSi/c1-22(2,3)17-15-11-14(19)9-10-16(15)20(18(17)21)12-13-7-5-4-6-8-13/h4-11,17H,12H2,1-3H3. The quantitative estimate of drug-likeness (QED) is 0.522. The topological polar surface area (TPSA) is 3.24 Å². The molecule has 22 heavy (non-hydrogen) atoms. The van der Waals surface area contributed by atoms with Gasteiger partial charge in [0.15, 0.2) is 0 Å². The number of fused-ring (bicyclic) bond motifs is 1. The van der Waals surface area contributed by atoms with E-state index in [1.807, 2.05) is 12.1 Å². The summed E-state index contributed by atoms with van der Waals surface area (Å²) in [7, 11) is -1.46. The molecule has 0 N–H and O–H groups in total. The SMILES string of the molecule is C[Si](C)(C)C1C(=S)N(Cc2ccccc2)c2ccc(Cl)cc21. The van der Waals surface area contributed by atoms with Crippen molar-refractivity contribution in [2.75, 3.05) is 4.90 Å². The molecule has 1 aliphatic rings. The first kappa shape index (κ1) is 15.7. The van der Waals surface area contributed by atoms with Crippen molar-refractivity contribution >= 4 is 42.6 Å². The fourth-order valence-electron chi connectivity index (χ4n) is 3.18. The second-order valence-corrected chi connectivity index (χ2v) is 13.1. The average Bonchev–Trinajstić information content (AvgIpc) is 2.71. The van der Waals surface area contributed by atoms with Crippen LogP contribution in [-0.4, -0.2) is 13.1 Å². The van der Waals surface area contributed by atoms with Crippen LogP contribution in [0.4, 0.5) is 5.69 Å². The molecule has 1 unspecified atom stereocenters. The van der Waals surface area contributed by atoms with Gasteiger partial charge in [0.2, 0.25) is 0 Å². The van der Waals surface area contributed by atoms with E-state index in [-0.39, 0.29) is 0 Å². The second kappa shape index (κ2) is 5.80. The van der Waals surface area contributed by atoms with Crippen LogP contribution in [0, 0.1) is 0 Å². The van der Waals surface area contributed by atoms with Gasteiger partial charge in [-0.1, -0.05) is 73.8 Å². The first-order valence-electron chi connectivity index (χ1n) is 7.52. The highest BCUT2D eigenvalue weighted by Crippen LogP contribution is 2.44. The Hall–Kier alpha value is -1.16. The van der Waals surface area contributed by atoms with E-state index in [2.05, 4.69) is 60.9 Å². The maximum atomic E-state index is 6.25. The molecule has 0 spiro atoms. The van der Waals surface area contributed by atoms with E-state index in [0.717, 1.165) is 16.6 Å². The third-order valence-corrected chi connectivity index (χ3v) is 7.37. The van der Waals surface area contributed by atoms with Crippen LogP contribution in [0.3, 0.4) is 0 Å². The molecule has 0 fully saturated rings.